The number of fused-ring (bicyclic) bond motifs is 2. The molecule has 3 aromatic rings. The molecule has 2 aliphatic rings. The predicted molar refractivity (Wildman–Crippen MR) is 109 cm³/mol. The van der Waals surface area contributed by atoms with Gasteiger partial charge in [-0.1, -0.05) is 24.3 Å². The first-order valence-corrected chi connectivity index (χ1v) is 10.5. The van der Waals surface area contributed by atoms with Crippen molar-refractivity contribution in [1.82, 2.24) is 14.9 Å². The van der Waals surface area contributed by atoms with Crippen LogP contribution in [-0.2, 0) is 9.59 Å². The number of benzene rings is 2. The molecule has 142 valence electrons. The van der Waals surface area contributed by atoms with E-state index in [-0.39, 0.29) is 24.4 Å². The van der Waals surface area contributed by atoms with Gasteiger partial charge in [-0.15, -0.1) is 11.8 Å². The van der Waals surface area contributed by atoms with Crippen LogP contribution in [0.1, 0.15) is 24.7 Å². The molecule has 0 saturated carbocycles. The van der Waals surface area contributed by atoms with Crippen LogP contribution in [0, 0.1) is 0 Å². The quantitative estimate of drug-likeness (QED) is 0.742. The fraction of sp³-hybridized carbons (Fsp3) is 0.286. The smallest absolute Gasteiger partial charge is 0.243 e. The number of hydrogen-bond donors (Lipinski definition) is 1. The lowest BCUT2D eigenvalue weighted by Gasteiger charge is -2.31. The van der Waals surface area contributed by atoms with Crippen LogP contribution in [0.2, 0.25) is 0 Å². The number of aromatic amines is 1. The van der Waals surface area contributed by atoms with Crippen LogP contribution >= 0.6 is 11.8 Å². The van der Waals surface area contributed by atoms with Crippen molar-refractivity contribution in [3.05, 3.63) is 54.4 Å². The Labute approximate surface area is 166 Å². The third-order valence-electron chi connectivity index (χ3n) is 5.40. The van der Waals surface area contributed by atoms with E-state index >= 15 is 0 Å². The van der Waals surface area contributed by atoms with Crippen LogP contribution in [0.25, 0.3) is 11.0 Å². The number of nitrogens with one attached hydrogen (secondary N) is 1. The van der Waals surface area contributed by atoms with E-state index in [4.69, 9.17) is 4.98 Å². The second-order valence-corrected chi connectivity index (χ2v) is 8.14. The van der Waals surface area contributed by atoms with Crippen LogP contribution in [0.5, 0.6) is 0 Å². The molecule has 0 spiro atoms. The molecule has 28 heavy (non-hydrogen) atoms. The molecule has 3 heterocycles. The summed E-state index contributed by atoms with van der Waals surface area (Å²) in [5.41, 5.74) is 2.72. The highest BCUT2D eigenvalue weighted by molar-refractivity contribution is 8.00. The molecular formula is C21H20N4O2S. The zero-order valence-electron chi connectivity index (χ0n) is 15.3. The minimum Gasteiger partial charge on any atom is -0.340 e. The third kappa shape index (κ3) is 2.96. The van der Waals surface area contributed by atoms with E-state index in [0.717, 1.165) is 40.3 Å². The van der Waals surface area contributed by atoms with Crippen LogP contribution in [0.15, 0.2) is 53.4 Å². The molecule has 1 N–H and O–H groups in total. The molecule has 1 unspecified atom stereocenters. The summed E-state index contributed by atoms with van der Waals surface area (Å²) in [4.78, 5) is 38.2. The van der Waals surface area contributed by atoms with Crippen molar-refractivity contribution in [3.63, 3.8) is 0 Å². The van der Waals surface area contributed by atoms with Gasteiger partial charge >= 0.3 is 0 Å². The number of thioether (sulfide) groups is 1. The molecule has 2 aromatic carbocycles. The number of anilines is 1. The van der Waals surface area contributed by atoms with Crippen molar-refractivity contribution in [3.8, 4) is 0 Å². The lowest BCUT2D eigenvalue weighted by Crippen LogP contribution is -2.44. The molecule has 1 saturated heterocycles. The number of carbonyl (C=O) groups excluding carboxylic acids is 2. The van der Waals surface area contributed by atoms with E-state index in [2.05, 4.69) is 4.98 Å². The second kappa shape index (κ2) is 6.98. The lowest BCUT2D eigenvalue weighted by molar-refractivity contribution is -0.132. The topological polar surface area (TPSA) is 69.3 Å². The molecule has 1 fully saturated rings. The molecule has 2 aliphatic heterocycles. The highest BCUT2D eigenvalue weighted by Gasteiger charge is 2.35. The van der Waals surface area contributed by atoms with Crippen molar-refractivity contribution >= 4 is 40.3 Å². The Morgan fingerprint density at radius 3 is 2.89 bits per heavy atom. The summed E-state index contributed by atoms with van der Waals surface area (Å²) >= 11 is 1.53. The van der Waals surface area contributed by atoms with E-state index in [0.29, 0.717) is 12.3 Å². The first kappa shape index (κ1) is 17.3. The molecule has 0 bridgehead atoms. The number of rotatable bonds is 3. The van der Waals surface area contributed by atoms with Crippen LogP contribution in [-0.4, -0.2) is 45.5 Å². The normalized spacial score (nSPS) is 19.3. The van der Waals surface area contributed by atoms with Crippen molar-refractivity contribution in [2.24, 2.45) is 0 Å². The van der Waals surface area contributed by atoms with Crippen molar-refractivity contribution in [1.29, 1.82) is 0 Å². The Morgan fingerprint density at radius 1 is 1.18 bits per heavy atom. The van der Waals surface area contributed by atoms with Crippen LogP contribution in [0.4, 0.5) is 5.69 Å². The molecule has 1 atom stereocenters. The molecule has 5 rings (SSSR count). The minimum absolute atomic E-state index is 0.0171. The summed E-state index contributed by atoms with van der Waals surface area (Å²) in [5, 5.41) is 0. The Balaban J connectivity index is 1.39. The van der Waals surface area contributed by atoms with Gasteiger partial charge in [0.25, 0.3) is 0 Å². The zero-order chi connectivity index (χ0) is 19.1. The highest BCUT2D eigenvalue weighted by atomic mass is 32.2. The van der Waals surface area contributed by atoms with E-state index in [1.54, 1.807) is 4.90 Å². The van der Waals surface area contributed by atoms with Crippen molar-refractivity contribution in [2.75, 3.05) is 23.7 Å². The summed E-state index contributed by atoms with van der Waals surface area (Å²) in [5.74, 6) is 1.15. The van der Waals surface area contributed by atoms with Crippen LogP contribution < -0.4 is 4.90 Å². The van der Waals surface area contributed by atoms with Gasteiger partial charge < -0.3 is 14.8 Å². The number of para-hydroxylation sites is 3. The molecule has 7 heteroatoms. The molecule has 6 nitrogen and oxygen atoms in total. The Morgan fingerprint density at radius 2 is 2.00 bits per heavy atom. The number of carbonyl (C=O) groups is 2. The average molecular weight is 392 g/mol. The van der Waals surface area contributed by atoms with Crippen LogP contribution in [0.3, 0.4) is 0 Å². The standard InChI is InChI=1S/C21H20N4O2S/c26-19(12-25-16-8-3-4-10-18(16)28-13-20(25)27)24-11-5-9-17(24)21-22-14-6-1-2-7-15(14)23-21/h1-4,6-8,10,17H,5,9,11-13H2,(H,22,23). The van der Waals surface area contributed by atoms with E-state index in [1.165, 1.54) is 11.8 Å². The summed E-state index contributed by atoms with van der Waals surface area (Å²) in [6.45, 7) is 0.770. The molecule has 1 aromatic heterocycles. The summed E-state index contributed by atoms with van der Waals surface area (Å²) in [6.07, 6.45) is 1.82. The maximum Gasteiger partial charge on any atom is 0.243 e. The average Bonchev–Trinajstić information content (AvgIpc) is 3.36. The second-order valence-electron chi connectivity index (χ2n) is 7.12. The van der Waals surface area contributed by atoms with E-state index in [1.807, 2.05) is 53.4 Å². The van der Waals surface area contributed by atoms with Gasteiger partial charge in [-0.05, 0) is 37.1 Å². The number of nitrogens with zero attached hydrogens (tertiary/aromatic N) is 3. The van der Waals surface area contributed by atoms with E-state index < -0.39 is 0 Å². The van der Waals surface area contributed by atoms with Crippen molar-refractivity contribution in [2.45, 2.75) is 23.8 Å². The lowest BCUT2D eigenvalue weighted by atomic mass is 10.2. The molecular weight excluding hydrogens is 372 g/mol. The molecule has 2 amide bonds. The summed E-state index contributed by atoms with van der Waals surface area (Å²) in [7, 11) is 0. The summed E-state index contributed by atoms with van der Waals surface area (Å²) < 4.78 is 0. The number of likely N-dealkylation sites (tertiary alicyclic amines) is 1. The Bertz CT molecular complexity index is 1030. The maximum absolute atomic E-state index is 13.2. The fourth-order valence-electron chi connectivity index (χ4n) is 4.03. The van der Waals surface area contributed by atoms with Crippen molar-refractivity contribution < 1.29 is 9.59 Å². The predicted octanol–water partition coefficient (Wildman–Crippen LogP) is 3.37. The van der Waals surface area contributed by atoms with Gasteiger partial charge in [0, 0.05) is 11.4 Å². The number of aromatic nitrogens is 2. The van der Waals surface area contributed by atoms with Gasteiger partial charge in [-0.2, -0.15) is 0 Å². The SMILES string of the molecule is O=C1CSc2ccccc2N1CC(=O)N1CCCC1c1nc2ccccc2[nH]1. The minimum atomic E-state index is -0.0654. The number of imidazole rings is 1. The number of H-pyrrole nitrogens is 1. The maximum atomic E-state index is 13.2. The monoisotopic (exact) mass is 392 g/mol. The molecule has 0 radical (unpaired) electrons. The zero-order valence-corrected chi connectivity index (χ0v) is 16.1. The number of amides is 2. The van der Waals surface area contributed by atoms with Gasteiger partial charge in [0.15, 0.2) is 0 Å². The first-order valence-electron chi connectivity index (χ1n) is 9.47. The highest BCUT2D eigenvalue weighted by Crippen LogP contribution is 2.36. The first-order chi connectivity index (χ1) is 13.7. The van der Waals surface area contributed by atoms with Gasteiger partial charge in [-0.25, -0.2) is 4.98 Å². The van der Waals surface area contributed by atoms with Gasteiger partial charge in [0.2, 0.25) is 11.8 Å². The largest absolute Gasteiger partial charge is 0.340 e. The van der Waals surface area contributed by atoms with E-state index in [9.17, 15) is 9.59 Å². The van der Waals surface area contributed by atoms with Gasteiger partial charge in [0.05, 0.1) is 28.5 Å². The number of hydrogen-bond acceptors (Lipinski definition) is 4. The van der Waals surface area contributed by atoms with Gasteiger partial charge in [0.1, 0.15) is 12.4 Å². The third-order valence-corrected chi connectivity index (χ3v) is 6.45. The fourth-order valence-corrected chi connectivity index (χ4v) is 4.97. The summed E-state index contributed by atoms with van der Waals surface area (Å²) in [6, 6.07) is 15.6. The molecule has 0 aliphatic carbocycles. The Hall–Kier alpha value is -2.80. The van der Waals surface area contributed by atoms with Gasteiger partial charge in [-0.3, -0.25) is 9.59 Å². The Kier molecular flexibility index (Phi) is 4.31.